The number of hydrogen-bond donors (Lipinski definition) is 2. The van der Waals surface area contributed by atoms with Crippen LogP contribution in [-0.2, 0) is 0 Å². The van der Waals surface area contributed by atoms with Crippen molar-refractivity contribution >= 4 is 28.5 Å². The molecule has 0 radical (unpaired) electrons. The maximum absolute atomic E-state index is 13.0. The standard InChI is InChI=1S/C7H7BBrFO3/c1-13-7-2-4(8(11)12)5(9)3-6(7)10/h2-3,11-12H,1H3. The van der Waals surface area contributed by atoms with Gasteiger partial charge in [0.25, 0.3) is 0 Å². The van der Waals surface area contributed by atoms with Gasteiger partial charge in [0, 0.05) is 9.94 Å². The van der Waals surface area contributed by atoms with Crippen LogP contribution in [-0.4, -0.2) is 24.3 Å². The van der Waals surface area contributed by atoms with Gasteiger partial charge in [-0.05, 0) is 12.1 Å². The number of ether oxygens (including phenoxy) is 1. The molecule has 6 heteroatoms. The Labute approximate surface area is 83.4 Å². The van der Waals surface area contributed by atoms with Crippen LogP contribution in [0.15, 0.2) is 16.6 Å². The van der Waals surface area contributed by atoms with Crippen molar-refractivity contribution in [2.45, 2.75) is 0 Å². The van der Waals surface area contributed by atoms with Gasteiger partial charge in [0.05, 0.1) is 7.11 Å². The molecular formula is C7H7BBrFO3. The van der Waals surface area contributed by atoms with E-state index in [4.69, 9.17) is 10.0 Å². The minimum atomic E-state index is -1.65. The molecule has 1 aromatic carbocycles. The summed E-state index contributed by atoms with van der Waals surface area (Å²) in [6.07, 6.45) is 0. The first kappa shape index (κ1) is 10.5. The lowest BCUT2D eigenvalue weighted by Crippen LogP contribution is -2.31. The molecule has 0 aliphatic carbocycles. The van der Waals surface area contributed by atoms with E-state index >= 15 is 0 Å². The average molecular weight is 249 g/mol. The summed E-state index contributed by atoms with van der Waals surface area (Å²) >= 11 is 3.00. The number of benzene rings is 1. The normalized spacial score (nSPS) is 9.92. The molecule has 0 atom stereocenters. The molecule has 0 saturated carbocycles. The molecule has 2 N–H and O–H groups in total. The highest BCUT2D eigenvalue weighted by atomic mass is 79.9. The first-order valence-electron chi connectivity index (χ1n) is 3.45. The summed E-state index contributed by atoms with van der Waals surface area (Å²) in [7, 11) is -0.344. The van der Waals surface area contributed by atoms with E-state index in [1.54, 1.807) is 0 Å². The second-order valence-corrected chi connectivity index (χ2v) is 3.24. The van der Waals surface area contributed by atoms with Gasteiger partial charge in [-0.3, -0.25) is 0 Å². The Morgan fingerprint density at radius 1 is 1.46 bits per heavy atom. The zero-order valence-corrected chi connectivity index (χ0v) is 8.38. The van der Waals surface area contributed by atoms with Gasteiger partial charge in [0.1, 0.15) is 0 Å². The van der Waals surface area contributed by atoms with Gasteiger partial charge in [-0.25, -0.2) is 4.39 Å². The van der Waals surface area contributed by atoms with Crippen LogP contribution in [0.25, 0.3) is 0 Å². The average Bonchev–Trinajstić information content (AvgIpc) is 2.03. The summed E-state index contributed by atoms with van der Waals surface area (Å²) < 4.78 is 17.9. The van der Waals surface area contributed by atoms with Crippen molar-refractivity contribution in [2.24, 2.45) is 0 Å². The first-order chi connectivity index (χ1) is 6.06. The van der Waals surface area contributed by atoms with Crippen LogP contribution in [0, 0.1) is 5.82 Å². The van der Waals surface area contributed by atoms with Crippen LogP contribution in [0.5, 0.6) is 5.75 Å². The van der Waals surface area contributed by atoms with Crippen molar-refractivity contribution < 1.29 is 19.2 Å². The predicted octanol–water partition coefficient (Wildman–Crippen LogP) is 0.277. The van der Waals surface area contributed by atoms with Gasteiger partial charge in [0.15, 0.2) is 11.6 Å². The van der Waals surface area contributed by atoms with Gasteiger partial charge in [0.2, 0.25) is 0 Å². The number of methoxy groups -OCH3 is 1. The highest BCUT2D eigenvalue weighted by Crippen LogP contribution is 2.19. The highest BCUT2D eigenvalue weighted by molar-refractivity contribution is 9.10. The monoisotopic (exact) mass is 248 g/mol. The molecule has 70 valence electrons. The zero-order valence-electron chi connectivity index (χ0n) is 6.79. The fraction of sp³-hybridized carbons (Fsp3) is 0.143. The summed E-state index contributed by atoms with van der Waals surface area (Å²) in [5.74, 6) is -0.579. The Hall–Kier alpha value is -0.585. The van der Waals surface area contributed by atoms with Crippen molar-refractivity contribution in [2.75, 3.05) is 7.11 Å². The lowest BCUT2D eigenvalue weighted by molar-refractivity contribution is 0.385. The third kappa shape index (κ3) is 2.21. The minimum Gasteiger partial charge on any atom is -0.494 e. The van der Waals surface area contributed by atoms with E-state index in [9.17, 15) is 4.39 Å². The molecule has 1 aromatic rings. The topological polar surface area (TPSA) is 49.7 Å². The molecule has 0 heterocycles. The molecular weight excluding hydrogens is 242 g/mol. The quantitative estimate of drug-likeness (QED) is 0.740. The summed E-state index contributed by atoms with van der Waals surface area (Å²) in [5.41, 5.74) is 0.165. The molecule has 1 rings (SSSR count). The number of rotatable bonds is 2. The largest absolute Gasteiger partial charge is 0.494 e. The van der Waals surface area contributed by atoms with Crippen LogP contribution < -0.4 is 10.2 Å². The third-order valence-electron chi connectivity index (χ3n) is 1.55. The van der Waals surface area contributed by atoms with Gasteiger partial charge in [-0.2, -0.15) is 0 Å². The van der Waals surface area contributed by atoms with Crippen LogP contribution >= 0.6 is 15.9 Å². The molecule has 0 aliphatic rings. The van der Waals surface area contributed by atoms with E-state index in [2.05, 4.69) is 20.7 Å². The van der Waals surface area contributed by atoms with E-state index in [0.29, 0.717) is 4.47 Å². The Kier molecular flexibility index (Phi) is 3.30. The van der Waals surface area contributed by atoms with Crippen LogP contribution in [0.2, 0.25) is 0 Å². The van der Waals surface area contributed by atoms with E-state index in [1.807, 2.05) is 0 Å². The van der Waals surface area contributed by atoms with E-state index in [0.717, 1.165) is 6.07 Å². The summed E-state index contributed by atoms with van der Waals surface area (Å²) in [6, 6.07) is 2.34. The summed E-state index contributed by atoms with van der Waals surface area (Å²) in [6.45, 7) is 0. The van der Waals surface area contributed by atoms with Crippen LogP contribution in [0.1, 0.15) is 0 Å². The maximum Gasteiger partial charge on any atom is 0.489 e. The molecule has 0 amide bonds. The van der Waals surface area contributed by atoms with Crippen molar-refractivity contribution in [3.05, 3.63) is 22.4 Å². The molecule has 0 fully saturated rings. The molecule has 0 aromatic heterocycles. The fourth-order valence-corrected chi connectivity index (χ4v) is 1.42. The van der Waals surface area contributed by atoms with Gasteiger partial charge in [-0.15, -0.1) is 0 Å². The zero-order chi connectivity index (χ0) is 10.0. The molecule has 0 spiro atoms. The minimum absolute atomic E-state index is 0.0219. The number of hydrogen-bond acceptors (Lipinski definition) is 3. The van der Waals surface area contributed by atoms with Gasteiger partial charge in [-0.1, -0.05) is 15.9 Å². The van der Waals surface area contributed by atoms with Gasteiger partial charge < -0.3 is 14.8 Å². The Morgan fingerprint density at radius 3 is 2.54 bits per heavy atom. The molecule has 0 unspecified atom stereocenters. The highest BCUT2D eigenvalue weighted by Gasteiger charge is 2.18. The maximum atomic E-state index is 13.0. The lowest BCUT2D eigenvalue weighted by Gasteiger charge is -2.07. The predicted molar refractivity (Wildman–Crippen MR) is 50.5 cm³/mol. The second-order valence-electron chi connectivity index (χ2n) is 2.38. The van der Waals surface area contributed by atoms with Crippen molar-refractivity contribution in [1.29, 1.82) is 0 Å². The molecule has 0 aliphatic heterocycles. The van der Waals surface area contributed by atoms with E-state index in [1.165, 1.54) is 13.2 Å². The Morgan fingerprint density at radius 2 is 2.08 bits per heavy atom. The fourth-order valence-electron chi connectivity index (χ4n) is 0.899. The number of halogens is 2. The molecule has 13 heavy (non-hydrogen) atoms. The van der Waals surface area contributed by atoms with E-state index in [-0.39, 0.29) is 11.2 Å². The molecule has 0 saturated heterocycles. The smallest absolute Gasteiger partial charge is 0.489 e. The molecule has 3 nitrogen and oxygen atoms in total. The lowest BCUT2D eigenvalue weighted by atomic mass is 9.80. The third-order valence-corrected chi connectivity index (χ3v) is 2.24. The first-order valence-corrected chi connectivity index (χ1v) is 4.24. The van der Waals surface area contributed by atoms with Crippen molar-refractivity contribution in [1.82, 2.24) is 0 Å². The Balaban J connectivity index is 3.22. The van der Waals surface area contributed by atoms with E-state index < -0.39 is 12.9 Å². The second kappa shape index (κ2) is 4.08. The van der Waals surface area contributed by atoms with Crippen molar-refractivity contribution in [3.8, 4) is 5.75 Å². The molecule has 0 bridgehead atoms. The summed E-state index contributed by atoms with van der Waals surface area (Å²) in [5, 5.41) is 17.7. The van der Waals surface area contributed by atoms with Crippen LogP contribution in [0.4, 0.5) is 4.39 Å². The summed E-state index contributed by atoms with van der Waals surface area (Å²) in [4.78, 5) is 0. The van der Waals surface area contributed by atoms with Gasteiger partial charge >= 0.3 is 7.12 Å². The van der Waals surface area contributed by atoms with Crippen molar-refractivity contribution in [3.63, 3.8) is 0 Å². The van der Waals surface area contributed by atoms with Crippen LogP contribution in [0.3, 0.4) is 0 Å². The Bertz CT molecular complexity index is 319. The SMILES string of the molecule is COc1cc(B(O)O)c(Br)cc1F.